The van der Waals surface area contributed by atoms with Gasteiger partial charge in [0.2, 0.25) is 5.91 Å². The Bertz CT molecular complexity index is 549. The van der Waals surface area contributed by atoms with Crippen LogP contribution in [-0.2, 0) is 14.3 Å². The molecular formula is C17H24BrClN2O3. The monoisotopic (exact) mass is 418 g/mol. The number of ether oxygens (including phenoxy) is 2. The number of nitrogens with two attached hydrogens (primary N) is 1. The molecule has 0 bridgehead atoms. The third-order valence-electron chi connectivity index (χ3n) is 4.89. The van der Waals surface area contributed by atoms with Crippen LogP contribution in [0.2, 0.25) is 0 Å². The molecule has 5 nitrogen and oxygen atoms in total. The van der Waals surface area contributed by atoms with Crippen LogP contribution in [0.25, 0.3) is 0 Å². The minimum atomic E-state index is -0.458. The second-order valence-electron chi connectivity index (χ2n) is 6.26. The Hall–Kier alpha value is -0.660. The summed E-state index contributed by atoms with van der Waals surface area (Å²) in [4.78, 5) is 15.0. The van der Waals surface area contributed by atoms with Gasteiger partial charge in [0.05, 0.1) is 18.6 Å². The van der Waals surface area contributed by atoms with Gasteiger partial charge in [0.15, 0.2) is 0 Å². The molecule has 24 heavy (non-hydrogen) atoms. The van der Waals surface area contributed by atoms with Gasteiger partial charge < -0.3 is 20.1 Å². The van der Waals surface area contributed by atoms with Crippen LogP contribution in [0.15, 0.2) is 28.7 Å². The smallest absolute Gasteiger partial charge is 0.230 e. The molecule has 2 heterocycles. The second kappa shape index (κ2) is 8.63. The molecule has 0 saturated carbocycles. The Balaban J connectivity index is 0.00000208. The molecule has 0 aliphatic carbocycles. The molecule has 0 aromatic heterocycles. The number of carbonyl (C=O) groups excluding carboxylic acids is 1. The zero-order chi connectivity index (χ0) is 16.3. The molecule has 1 amide bonds. The van der Waals surface area contributed by atoms with Crippen molar-refractivity contribution < 1.29 is 14.3 Å². The molecule has 2 N–H and O–H groups in total. The van der Waals surface area contributed by atoms with Gasteiger partial charge in [-0.05, 0) is 30.5 Å². The molecule has 2 fully saturated rings. The van der Waals surface area contributed by atoms with E-state index in [1.54, 1.807) is 0 Å². The van der Waals surface area contributed by atoms with E-state index >= 15 is 0 Å². The van der Waals surface area contributed by atoms with E-state index in [9.17, 15) is 4.79 Å². The molecule has 134 valence electrons. The van der Waals surface area contributed by atoms with Gasteiger partial charge in [-0.1, -0.05) is 28.1 Å². The number of rotatable bonds is 3. The lowest BCUT2D eigenvalue weighted by atomic mass is 9.78. The lowest BCUT2D eigenvalue weighted by Crippen LogP contribution is -2.54. The topological polar surface area (TPSA) is 64.8 Å². The Morgan fingerprint density at radius 2 is 1.92 bits per heavy atom. The maximum atomic E-state index is 13.1. The minimum absolute atomic E-state index is 0. The summed E-state index contributed by atoms with van der Waals surface area (Å²) in [6.07, 6.45) is 1.35. The van der Waals surface area contributed by atoms with Gasteiger partial charge in [0, 0.05) is 30.8 Å². The fraction of sp³-hybridized carbons (Fsp3) is 0.588. The molecule has 7 heteroatoms. The van der Waals surface area contributed by atoms with Crippen molar-refractivity contribution in [3.8, 4) is 0 Å². The first-order valence-electron chi connectivity index (χ1n) is 8.09. The van der Waals surface area contributed by atoms with Crippen molar-refractivity contribution in [1.29, 1.82) is 0 Å². The van der Waals surface area contributed by atoms with E-state index in [2.05, 4.69) is 15.9 Å². The first-order chi connectivity index (χ1) is 11.1. The van der Waals surface area contributed by atoms with E-state index in [1.807, 2.05) is 29.2 Å². The zero-order valence-electron chi connectivity index (χ0n) is 13.6. The number of halogens is 2. The van der Waals surface area contributed by atoms with Crippen LogP contribution in [0, 0.1) is 5.41 Å². The molecule has 1 atom stereocenters. The number of morpholine rings is 1. The van der Waals surface area contributed by atoms with Crippen LogP contribution < -0.4 is 5.73 Å². The van der Waals surface area contributed by atoms with Gasteiger partial charge in [-0.15, -0.1) is 12.4 Å². The molecule has 1 aromatic rings. The highest BCUT2D eigenvalue weighted by Crippen LogP contribution is 2.33. The lowest BCUT2D eigenvalue weighted by molar-refractivity contribution is -0.154. The van der Waals surface area contributed by atoms with E-state index in [0.717, 1.165) is 10.0 Å². The predicted octanol–water partition coefficient (Wildman–Crippen LogP) is 2.53. The highest BCUT2D eigenvalue weighted by atomic mass is 79.9. The molecule has 2 aliphatic heterocycles. The number of hydrogen-bond acceptors (Lipinski definition) is 4. The molecule has 2 aliphatic rings. The van der Waals surface area contributed by atoms with E-state index in [1.165, 1.54) is 0 Å². The Morgan fingerprint density at radius 1 is 1.25 bits per heavy atom. The third kappa shape index (κ3) is 4.11. The summed E-state index contributed by atoms with van der Waals surface area (Å²) in [5, 5.41) is 0. The molecule has 1 unspecified atom stereocenters. The Labute approximate surface area is 157 Å². The van der Waals surface area contributed by atoms with Crippen molar-refractivity contribution in [3.63, 3.8) is 0 Å². The summed E-state index contributed by atoms with van der Waals surface area (Å²) in [5.74, 6) is 0.161. The van der Waals surface area contributed by atoms with Crippen molar-refractivity contribution in [3.05, 3.63) is 34.3 Å². The molecule has 3 rings (SSSR count). The SMILES string of the molecule is Cl.NCC1(C(=O)N2CCOC(c3ccc(Br)cc3)C2)CCOCC1. The highest BCUT2D eigenvalue weighted by molar-refractivity contribution is 9.10. The number of hydrogen-bond donors (Lipinski definition) is 1. The van der Waals surface area contributed by atoms with Gasteiger partial charge in [-0.2, -0.15) is 0 Å². The average Bonchev–Trinajstić information content (AvgIpc) is 2.62. The number of carbonyl (C=O) groups is 1. The summed E-state index contributed by atoms with van der Waals surface area (Å²) in [5.41, 5.74) is 6.61. The van der Waals surface area contributed by atoms with Crippen LogP contribution >= 0.6 is 28.3 Å². The van der Waals surface area contributed by atoms with Gasteiger partial charge >= 0.3 is 0 Å². The Morgan fingerprint density at radius 3 is 2.54 bits per heavy atom. The summed E-state index contributed by atoms with van der Waals surface area (Å²) in [7, 11) is 0. The van der Waals surface area contributed by atoms with Gasteiger partial charge in [-0.3, -0.25) is 4.79 Å². The normalized spacial score (nSPS) is 23.4. The second-order valence-corrected chi connectivity index (χ2v) is 7.17. The number of nitrogens with zero attached hydrogens (tertiary/aromatic N) is 1. The van der Waals surface area contributed by atoms with Gasteiger partial charge in [0.1, 0.15) is 6.10 Å². The molecule has 0 spiro atoms. The van der Waals surface area contributed by atoms with Crippen molar-refractivity contribution in [2.75, 3.05) is 39.5 Å². The number of amides is 1. The number of benzene rings is 1. The van der Waals surface area contributed by atoms with E-state index in [0.29, 0.717) is 52.3 Å². The third-order valence-corrected chi connectivity index (χ3v) is 5.42. The lowest BCUT2D eigenvalue weighted by Gasteiger charge is -2.41. The van der Waals surface area contributed by atoms with Crippen molar-refractivity contribution in [2.45, 2.75) is 18.9 Å². The fourth-order valence-corrected chi connectivity index (χ4v) is 3.58. The van der Waals surface area contributed by atoms with Crippen molar-refractivity contribution >= 4 is 34.2 Å². The first-order valence-corrected chi connectivity index (χ1v) is 8.88. The van der Waals surface area contributed by atoms with E-state index < -0.39 is 5.41 Å². The molecule has 0 radical (unpaired) electrons. The standard InChI is InChI=1S/C17H23BrN2O3.ClH/c18-14-3-1-13(2-4-14)15-11-20(7-10-23-15)16(21)17(12-19)5-8-22-9-6-17;/h1-4,15H,5-12,19H2;1H. The van der Waals surface area contributed by atoms with Crippen LogP contribution in [0.5, 0.6) is 0 Å². The minimum Gasteiger partial charge on any atom is -0.381 e. The molecule has 1 aromatic carbocycles. The quantitative estimate of drug-likeness (QED) is 0.818. The largest absolute Gasteiger partial charge is 0.381 e. The van der Waals surface area contributed by atoms with Crippen molar-refractivity contribution in [2.24, 2.45) is 11.1 Å². The van der Waals surface area contributed by atoms with Crippen LogP contribution in [0.4, 0.5) is 0 Å². The Kier molecular flexibility index (Phi) is 7.07. The maximum Gasteiger partial charge on any atom is 0.230 e. The summed E-state index contributed by atoms with van der Waals surface area (Å²) >= 11 is 3.44. The van der Waals surface area contributed by atoms with Gasteiger partial charge in [-0.25, -0.2) is 0 Å². The molecule has 2 saturated heterocycles. The van der Waals surface area contributed by atoms with Gasteiger partial charge in [0.25, 0.3) is 0 Å². The van der Waals surface area contributed by atoms with E-state index in [-0.39, 0.29) is 24.4 Å². The van der Waals surface area contributed by atoms with Crippen LogP contribution in [0.1, 0.15) is 24.5 Å². The summed E-state index contributed by atoms with van der Waals surface area (Å²) in [6, 6.07) is 8.07. The average molecular weight is 420 g/mol. The van der Waals surface area contributed by atoms with Crippen LogP contribution in [-0.4, -0.2) is 50.3 Å². The summed E-state index contributed by atoms with van der Waals surface area (Å²) < 4.78 is 12.3. The summed E-state index contributed by atoms with van der Waals surface area (Å²) in [6.45, 7) is 3.39. The highest BCUT2D eigenvalue weighted by Gasteiger charge is 2.42. The van der Waals surface area contributed by atoms with Crippen molar-refractivity contribution in [1.82, 2.24) is 4.90 Å². The first kappa shape index (κ1) is 19.7. The molecular weight excluding hydrogens is 396 g/mol. The fourth-order valence-electron chi connectivity index (χ4n) is 3.32. The van der Waals surface area contributed by atoms with E-state index in [4.69, 9.17) is 15.2 Å². The predicted molar refractivity (Wildman–Crippen MR) is 98.2 cm³/mol. The zero-order valence-corrected chi connectivity index (χ0v) is 16.0. The van der Waals surface area contributed by atoms with Crippen LogP contribution in [0.3, 0.4) is 0 Å². The maximum absolute atomic E-state index is 13.1.